The van der Waals surface area contributed by atoms with Crippen molar-refractivity contribution >= 4 is 17.2 Å². The van der Waals surface area contributed by atoms with E-state index in [9.17, 15) is 0 Å². The molecule has 0 amide bonds. The Morgan fingerprint density at radius 1 is 1.29 bits per heavy atom. The highest BCUT2D eigenvalue weighted by Crippen LogP contribution is 2.16. The molecule has 0 aliphatic heterocycles. The largest absolute Gasteiger partial charge is 0.365 e. The molecule has 0 atom stereocenters. The smallest absolute Gasteiger partial charge is 0.144 e. The third-order valence-corrected chi connectivity index (χ3v) is 3.46. The van der Waals surface area contributed by atoms with Gasteiger partial charge < -0.3 is 10.6 Å². The lowest BCUT2D eigenvalue weighted by Gasteiger charge is -2.06. The minimum Gasteiger partial charge on any atom is -0.365 e. The number of thiophene rings is 1. The zero-order chi connectivity index (χ0) is 12.1. The predicted molar refractivity (Wildman–Crippen MR) is 71.2 cm³/mol. The Labute approximate surface area is 105 Å². The van der Waals surface area contributed by atoms with E-state index in [2.05, 4.69) is 39.0 Å². The van der Waals surface area contributed by atoms with Gasteiger partial charge in [0.2, 0.25) is 0 Å². The van der Waals surface area contributed by atoms with Crippen LogP contribution >= 0.6 is 11.3 Å². The number of rotatable bonds is 5. The number of anilines is 1. The van der Waals surface area contributed by atoms with Gasteiger partial charge in [0, 0.05) is 11.1 Å². The number of aryl methyl sites for hydroxylation is 1. The highest BCUT2D eigenvalue weighted by Gasteiger charge is 2.01. The monoisotopic (exact) mass is 248 g/mol. The first-order valence-electron chi connectivity index (χ1n) is 5.53. The molecule has 90 valence electrons. The van der Waals surface area contributed by atoms with Crippen LogP contribution in [-0.2, 0) is 13.1 Å². The van der Waals surface area contributed by atoms with E-state index in [-0.39, 0.29) is 0 Å². The maximum absolute atomic E-state index is 4.41. The molecule has 2 aromatic rings. The second kappa shape index (κ2) is 5.75. The summed E-state index contributed by atoms with van der Waals surface area (Å²) in [6, 6.07) is 4.02. The second-order valence-corrected chi connectivity index (χ2v) is 4.77. The summed E-state index contributed by atoms with van der Waals surface area (Å²) in [5.74, 6) is 1.68. The molecule has 0 spiro atoms. The third-order valence-electron chi connectivity index (χ3n) is 2.44. The van der Waals surface area contributed by atoms with Crippen LogP contribution in [0, 0.1) is 6.92 Å². The minimum atomic E-state index is 0.688. The Balaban J connectivity index is 1.99. The van der Waals surface area contributed by atoms with Crippen LogP contribution in [0.1, 0.15) is 16.3 Å². The van der Waals surface area contributed by atoms with Crippen molar-refractivity contribution in [1.82, 2.24) is 15.3 Å². The number of hydrogen-bond donors (Lipinski definition) is 2. The first-order chi connectivity index (χ1) is 8.29. The molecule has 0 fully saturated rings. The zero-order valence-electron chi connectivity index (χ0n) is 10.0. The van der Waals surface area contributed by atoms with E-state index < -0.39 is 0 Å². The Morgan fingerprint density at radius 3 is 2.88 bits per heavy atom. The van der Waals surface area contributed by atoms with Gasteiger partial charge in [0.05, 0.1) is 13.1 Å². The van der Waals surface area contributed by atoms with Gasteiger partial charge >= 0.3 is 0 Å². The second-order valence-electron chi connectivity index (χ2n) is 3.77. The highest BCUT2D eigenvalue weighted by atomic mass is 32.1. The molecule has 5 heteroatoms. The maximum atomic E-state index is 4.41. The van der Waals surface area contributed by atoms with E-state index in [0.29, 0.717) is 6.54 Å². The van der Waals surface area contributed by atoms with Crippen LogP contribution in [0.5, 0.6) is 0 Å². The van der Waals surface area contributed by atoms with Crippen molar-refractivity contribution in [2.24, 2.45) is 0 Å². The van der Waals surface area contributed by atoms with Gasteiger partial charge in [0.15, 0.2) is 0 Å². The Kier molecular flexibility index (Phi) is 4.06. The first kappa shape index (κ1) is 12.0. The van der Waals surface area contributed by atoms with Crippen LogP contribution in [0.3, 0.4) is 0 Å². The molecule has 0 radical (unpaired) electrons. The number of nitrogens with zero attached hydrogens (tertiary/aromatic N) is 2. The van der Waals surface area contributed by atoms with Crippen molar-refractivity contribution in [2.45, 2.75) is 20.0 Å². The van der Waals surface area contributed by atoms with Gasteiger partial charge in [-0.15, -0.1) is 11.3 Å². The topological polar surface area (TPSA) is 49.8 Å². The van der Waals surface area contributed by atoms with Crippen molar-refractivity contribution in [3.05, 3.63) is 40.0 Å². The van der Waals surface area contributed by atoms with Gasteiger partial charge in [-0.05, 0) is 37.0 Å². The van der Waals surface area contributed by atoms with E-state index in [4.69, 9.17) is 0 Å². The van der Waals surface area contributed by atoms with Crippen molar-refractivity contribution in [3.63, 3.8) is 0 Å². The van der Waals surface area contributed by atoms with E-state index >= 15 is 0 Å². The molecule has 0 aliphatic carbocycles. The summed E-state index contributed by atoms with van der Waals surface area (Å²) in [6.45, 7) is 3.63. The predicted octanol–water partition coefficient (Wildman–Crippen LogP) is 2.18. The fraction of sp³-hybridized carbons (Fsp3) is 0.333. The summed E-state index contributed by atoms with van der Waals surface area (Å²) in [4.78, 5) is 9.94. The fourth-order valence-electron chi connectivity index (χ4n) is 1.50. The summed E-state index contributed by atoms with van der Waals surface area (Å²) in [5.41, 5.74) is 1.33. The maximum Gasteiger partial charge on any atom is 0.144 e. The Bertz CT molecular complexity index is 481. The molecule has 0 unspecified atom stereocenters. The van der Waals surface area contributed by atoms with Gasteiger partial charge in [-0.1, -0.05) is 0 Å². The van der Waals surface area contributed by atoms with Crippen LogP contribution in [-0.4, -0.2) is 17.0 Å². The molecular formula is C12H16N4S. The lowest BCUT2D eigenvalue weighted by atomic mass is 10.3. The van der Waals surface area contributed by atoms with Crippen molar-refractivity contribution in [2.75, 3.05) is 12.4 Å². The summed E-state index contributed by atoms with van der Waals surface area (Å²) in [6.07, 6.45) is 1.78. The number of hydrogen-bond acceptors (Lipinski definition) is 5. The molecule has 0 aromatic carbocycles. The van der Waals surface area contributed by atoms with Crippen molar-refractivity contribution in [1.29, 1.82) is 0 Å². The molecule has 17 heavy (non-hydrogen) atoms. The van der Waals surface area contributed by atoms with Gasteiger partial charge in [-0.25, -0.2) is 9.97 Å². The zero-order valence-corrected chi connectivity index (χ0v) is 10.8. The van der Waals surface area contributed by atoms with Crippen LogP contribution in [0.4, 0.5) is 5.82 Å². The standard InChI is InChI=1S/C12H16N4S/c1-9-4-6-17-10(9)7-15-11-3-5-14-12(16-11)8-13-2/h3-6,13H,7-8H2,1-2H3,(H,14,15,16). The first-order valence-corrected chi connectivity index (χ1v) is 6.41. The molecule has 0 saturated heterocycles. The summed E-state index contributed by atoms with van der Waals surface area (Å²) >= 11 is 1.76. The Hall–Kier alpha value is -1.46. The SMILES string of the molecule is CNCc1nccc(NCc2sccc2C)n1. The molecule has 0 bridgehead atoms. The van der Waals surface area contributed by atoms with Crippen LogP contribution in [0.2, 0.25) is 0 Å². The van der Waals surface area contributed by atoms with E-state index in [1.54, 1.807) is 17.5 Å². The van der Waals surface area contributed by atoms with Crippen molar-refractivity contribution < 1.29 is 0 Å². The van der Waals surface area contributed by atoms with Gasteiger partial charge in [0.1, 0.15) is 11.6 Å². The van der Waals surface area contributed by atoms with Gasteiger partial charge in [0.25, 0.3) is 0 Å². The fourth-order valence-corrected chi connectivity index (χ4v) is 2.34. The van der Waals surface area contributed by atoms with Gasteiger partial charge in [-0.2, -0.15) is 0 Å². The van der Waals surface area contributed by atoms with Gasteiger partial charge in [-0.3, -0.25) is 0 Å². The molecule has 4 nitrogen and oxygen atoms in total. The van der Waals surface area contributed by atoms with E-state index in [0.717, 1.165) is 18.2 Å². The summed E-state index contributed by atoms with van der Waals surface area (Å²) in [7, 11) is 1.89. The van der Waals surface area contributed by atoms with Crippen LogP contribution in [0.25, 0.3) is 0 Å². The molecule has 2 N–H and O–H groups in total. The molecule has 0 saturated carbocycles. The average Bonchev–Trinajstić information content (AvgIpc) is 2.73. The Morgan fingerprint density at radius 2 is 2.18 bits per heavy atom. The quantitative estimate of drug-likeness (QED) is 0.851. The van der Waals surface area contributed by atoms with Crippen LogP contribution < -0.4 is 10.6 Å². The molecule has 2 aromatic heterocycles. The summed E-state index contributed by atoms with van der Waals surface area (Å²) in [5, 5.41) is 8.47. The number of aromatic nitrogens is 2. The average molecular weight is 248 g/mol. The number of nitrogens with one attached hydrogen (secondary N) is 2. The molecule has 0 aliphatic rings. The summed E-state index contributed by atoms with van der Waals surface area (Å²) < 4.78 is 0. The van der Waals surface area contributed by atoms with Crippen molar-refractivity contribution in [3.8, 4) is 0 Å². The molecule has 2 rings (SSSR count). The third kappa shape index (κ3) is 3.25. The molecular weight excluding hydrogens is 232 g/mol. The normalized spacial score (nSPS) is 10.5. The van der Waals surface area contributed by atoms with E-state index in [1.165, 1.54) is 10.4 Å². The minimum absolute atomic E-state index is 0.688. The highest BCUT2D eigenvalue weighted by molar-refractivity contribution is 7.10. The lowest BCUT2D eigenvalue weighted by molar-refractivity contribution is 0.758. The van der Waals surface area contributed by atoms with E-state index in [1.807, 2.05) is 13.1 Å². The van der Waals surface area contributed by atoms with Crippen LogP contribution in [0.15, 0.2) is 23.7 Å². The lowest BCUT2D eigenvalue weighted by Crippen LogP contribution is -2.10. The molecule has 2 heterocycles.